The normalized spacial score (nSPS) is 14.9. The molecular formula is C85H136O17P2. The maximum Gasteiger partial charge on any atom is 0.472 e. The smallest absolute Gasteiger partial charge is 0.462 e. The van der Waals surface area contributed by atoms with E-state index in [4.69, 9.17) is 37.0 Å². The number of aliphatic hydroxyl groups excluding tert-OH is 1. The minimum atomic E-state index is -5.02. The number of carbonyl (C=O) groups excluding carboxylic acids is 4. The lowest BCUT2D eigenvalue weighted by Crippen LogP contribution is -2.30. The highest BCUT2D eigenvalue weighted by Gasteiger charge is 2.30. The van der Waals surface area contributed by atoms with Crippen LogP contribution in [0.1, 0.15) is 272 Å². The summed E-state index contributed by atoms with van der Waals surface area (Å²) >= 11 is 0. The van der Waals surface area contributed by atoms with Crippen LogP contribution in [-0.2, 0) is 65.4 Å². The fourth-order valence-corrected chi connectivity index (χ4v) is 11.2. The average molecular weight is 1490 g/mol. The van der Waals surface area contributed by atoms with Crippen molar-refractivity contribution in [3.05, 3.63) is 182 Å². The molecule has 5 atom stereocenters. The third kappa shape index (κ3) is 74.4. The van der Waals surface area contributed by atoms with E-state index in [1.165, 1.54) is 51.4 Å². The number of allylic oxidation sites excluding steroid dienone is 29. The van der Waals surface area contributed by atoms with E-state index in [-0.39, 0.29) is 25.7 Å². The van der Waals surface area contributed by atoms with Gasteiger partial charge >= 0.3 is 39.5 Å². The van der Waals surface area contributed by atoms with Gasteiger partial charge in [0, 0.05) is 19.3 Å². The highest BCUT2D eigenvalue weighted by Crippen LogP contribution is 2.45. The Hall–Kier alpha value is -5.84. The SMILES string of the molecule is CC/C=C\C/C=C\C/C=C\C/C=C\C/C=C\CCCCCC(=O)OCC(COP(=O)(O)OCC(O)COP(=O)(O)OCC(COC(=O)CCC/C=C\C/C=C\C/C=C\C/C=C\C/C=C\CC)OC(=O)C/C=C\C/C=C\C/C=C\C/C=C\C/C=C\CC)OC(=O)CCCCCCCCCCCCCCC. The molecule has 0 radical (unpaired) electrons. The van der Waals surface area contributed by atoms with Crippen LogP contribution in [0.15, 0.2) is 182 Å². The zero-order chi connectivity index (χ0) is 76.0. The van der Waals surface area contributed by atoms with Crippen LogP contribution in [0, 0.1) is 0 Å². The molecule has 0 amide bonds. The number of hydrogen-bond donors (Lipinski definition) is 3. The monoisotopic (exact) mass is 1490 g/mol. The largest absolute Gasteiger partial charge is 0.472 e. The van der Waals surface area contributed by atoms with Gasteiger partial charge in [0.2, 0.25) is 0 Å². The Bertz CT molecular complexity index is 2690. The molecule has 0 heterocycles. The molecule has 0 aromatic rings. The van der Waals surface area contributed by atoms with Crippen LogP contribution < -0.4 is 0 Å². The number of aliphatic hydroxyl groups is 1. The third-order valence-corrected chi connectivity index (χ3v) is 17.3. The molecule has 0 aromatic heterocycles. The molecule has 5 unspecified atom stereocenters. The second-order valence-electron chi connectivity index (χ2n) is 25.2. The molecule has 0 saturated heterocycles. The summed E-state index contributed by atoms with van der Waals surface area (Å²) in [6.45, 7) is 4.29. The first-order chi connectivity index (χ1) is 50.7. The number of hydrogen-bond acceptors (Lipinski definition) is 15. The number of phosphoric acid groups is 2. The molecular weight excluding hydrogens is 1350 g/mol. The highest BCUT2D eigenvalue weighted by molar-refractivity contribution is 7.47. The van der Waals surface area contributed by atoms with Crippen molar-refractivity contribution in [1.82, 2.24) is 0 Å². The van der Waals surface area contributed by atoms with Crippen molar-refractivity contribution in [2.45, 2.75) is 290 Å². The third-order valence-electron chi connectivity index (χ3n) is 15.4. The number of ether oxygens (including phenoxy) is 4. The lowest BCUT2D eigenvalue weighted by Gasteiger charge is -2.21. The van der Waals surface area contributed by atoms with Crippen LogP contribution >= 0.6 is 15.6 Å². The van der Waals surface area contributed by atoms with Crippen LogP contribution in [0.25, 0.3) is 0 Å². The fourth-order valence-electron chi connectivity index (χ4n) is 9.59. The lowest BCUT2D eigenvalue weighted by atomic mass is 10.0. The first kappa shape index (κ1) is 98.2. The number of unbranched alkanes of at least 4 members (excludes halogenated alkanes) is 16. The summed E-state index contributed by atoms with van der Waals surface area (Å²) in [6, 6.07) is 0. The second kappa shape index (κ2) is 75.4. The quantitative estimate of drug-likeness (QED) is 0.0169. The molecule has 3 N–H and O–H groups in total. The molecule has 0 aliphatic rings. The molecule has 17 nitrogen and oxygen atoms in total. The molecule has 0 fully saturated rings. The zero-order valence-corrected chi connectivity index (χ0v) is 65.9. The van der Waals surface area contributed by atoms with Crippen molar-refractivity contribution < 1.29 is 80.2 Å². The summed E-state index contributed by atoms with van der Waals surface area (Å²) in [5.74, 6) is -2.44. The lowest BCUT2D eigenvalue weighted by molar-refractivity contribution is -0.161. The van der Waals surface area contributed by atoms with Gasteiger partial charge in [0.05, 0.1) is 32.8 Å². The van der Waals surface area contributed by atoms with E-state index in [1.54, 1.807) is 12.2 Å². The maximum absolute atomic E-state index is 13.1. The van der Waals surface area contributed by atoms with E-state index in [2.05, 4.69) is 174 Å². The molecule has 0 aliphatic carbocycles. The predicted octanol–water partition coefficient (Wildman–Crippen LogP) is 22.8. The van der Waals surface area contributed by atoms with Gasteiger partial charge in [-0.15, -0.1) is 0 Å². The highest BCUT2D eigenvalue weighted by atomic mass is 31.2. The average Bonchev–Trinajstić information content (AvgIpc) is 0.939. The van der Waals surface area contributed by atoms with Crippen molar-refractivity contribution in [2.75, 3.05) is 39.6 Å². The van der Waals surface area contributed by atoms with E-state index in [0.717, 1.165) is 135 Å². The molecule has 104 heavy (non-hydrogen) atoms. The summed E-state index contributed by atoms with van der Waals surface area (Å²) in [4.78, 5) is 72.9. The van der Waals surface area contributed by atoms with Gasteiger partial charge in [-0.05, 0) is 135 Å². The van der Waals surface area contributed by atoms with Gasteiger partial charge < -0.3 is 33.8 Å². The van der Waals surface area contributed by atoms with Gasteiger partial charge in [0.1, 0.15) is 19.3 Å². The number of phosphoric ester groups is 2. The van der Waals surface area contributed by atoms with Crippen molar-refractivity contribution in [2.24, 2.45) is 0 Å². The van der Waals surface area contributed by atoms with Crippen LogP contribution in [-0.4, -0.2) is 96.7 Å². The van der Waals surface area contributed by atoms with E-state index in [9.17, 15) is 43.2 Å². The Balaban J connectivity index is 5.50. The van der Waals surface area contributed by atoms with E-state index < -0.39 is 97.5 Å². The topological polar surface area (TPSA) is 237 Å². The Kier molecular flexibility index (Phi) is 71.2. The van der Waals surface area contributed by atoms with Crippen molar-refractivity contribution >= 4 is 39.5 Å². The summed E-state index contributed by atoms with van der Waals surface area (Å²) in [5, 5.41) is 10.6. The second-order valence-corrected chi connectivity index (χ2v) is 28.1. The van der Waals surface area contributed by atoms with E-state index in [0.29, 0.717) is 32.1 Å². The molecule has 0 saturated carbocycles. The number of rotatable bonds is 71. The van der Waals surface area contributed by atoms with Gasteiger partial charge in [-0.1, -0.05) is 293 Å². The van der Waals surface area contributed by atoms with Gasteiger partial charge in [-0.2, -0.15) is 0 Å². The Morgan fingerprint density at radius 1 is 0.288 bits per heavy atom. The summed E-state index contributed by atoms with van der Waals surface area (Å²) in [6.07, 6.45) is 90.6. The predicted molar refractivity (Wildman–Crippen MR) is 426 cm³/mol. The summed E-state index contributed by atoms with van der Waals surface area (Å²) in [5.41, 5.74) is 0. The standard InChI is InChI=1S/C85H136O17P2/c1-5-9-13-17-21-25-29-33-36-38-39-41-44-47-50-54-58-62-66-70-83(88)95-75-80(101-84(89)71-67-63-59-55-51-45-32-28-24-20-16-12-8-4)77-99-103(91,92)97-73-79(86)74-98-104(93,94)100-78-81(102-85(90)72-68-64-60-56-52-48-42-35-31-27-23-19-15-11-7-3)76-96-82(87)69-65-61-57-53-49-46-43-40-37-34-30-26-22-18-14-10-6-2/h9-11,13-15,21-23,25-27,33-37,39,41-43,46-47,50,52-53,56-57,64,68,79-81,86H,5-8,12,16-20,24,28-32,38,40,44-45,48-49,51,54-55,58-63,65-67,69-78H2,1-4H3,(H,91,92)(H,93,94)/b13-9-,14-10-,15-11-,25-21-,26-22-,27-23-,36-33-,37-34-,41-39-,42-35-,46-43-,50-47-,56-52-,57-53-,68-64-. The molecule has 0 bridgehead atoms. The molecule has 0 spiro atoms. The Labute approximate surface area is 628 Å². The molecule has 19 heteroatoms. The van der Waals surface area contributed by atoms with Crippen molar-refractivity contribution in [3.8, 4) is 0 Å². The van der Waals surface area contributed by atoms with E-state index in [1.807, 2.05) is 24.3 Å². The first-order valence-electron chi connectivity index (χ1n) is 39.0. The van der Waals surface area contributed by atoms with Gasteiger partial charge in [0.25, 0.3) is 0 Å². The molecule has 0 aromatic carbocycles. The Morgan fingerprint density at radius 2 is 0.548 bits per heavy atom. The Morgan fingerprint density at radius 3 is 0.894 bits per heavy atom. The van der Waals surface area contributed by atoms with Crippen LogP contribution in [0.2, 0.25) is 0 Å². The zero-order valence-electron chi connectivity index (χ0n) is 64.1. The van der Waals surface area contributed by atoms with Crippen LogP contribution in [0.5, 0.6) is 0 Å². The number of carbonyl (C=O) groups is 4. The van der Waals surface area contributed by atoms with E-state index >= 15 is 0 Å². The van der Waals surface area contributed by atoms with Crippen LogP contribution in [0.4, 0.5) is 0 Å². The summed E-state index contributed by atoms with van der Waals surface area (Å²) < 4.78 is 68.3. The van der Waals surface area contributed by atoms with Crippen molar-refractivity contribution in [3.63, 3.8) is 0 Å². The molecule has 588 valence electrons. The van der Waals surface area contributed by atoms with Gasteiger partial charge in [-0.25, -0.2) is 9.13 Å². The first-order valence-corrected chi connectivity index (χ1v) is 42.0. The molecule has 0 aliphatic heterocycles. The van der Waals surface area contributed by atoms with Crippen LogP contribution in [0.3, 0.4) is 0 Å². The minimum absolute atomic E-state index is 0.0565. The summed E-state index contributed by atoms with van der Waals surface area (Å²) in [7, 11) is -10.0. The van der Waals surface area contributed by atoms with Gasteiger partial charge in [-0.3, -0.25) is 37.3 Å². The van der Waals surface area contributed by atoms with Gasteiger partial charge in [0.15, 0.2) is 12.2 Å². The number of esters is 4. The minimum Gasteiger partial charge on any atom is -0.462 e. The maximum atomic E-state index is 13.1. The van der Waals surface area contributed by atoms with Crippen molar-refractivity contribution in [1.29, 1.82) is 0 Å². The fraction of sp³-hybridized carbons (Fsp3) is 0.600. The molecule has 0 rings (SSSR count).